The minimum absolute atomic E-state index is 0.0220. The third-order valence-electron chi connectivity index (χ3n) is 3.90. The van der Waals surface area contributed by atoms with Gasteiger partial charge in [0.25, 0.3) is 0 Å². The molecule has 2 rings (SSSR count). The predicted molar refractivity (Wildman–Crippen MR) is 78.5 cm³/mol. The average Bonchev–Trinajstić information content (AvgIpc) is 2.46. The van der Waals surface area contributed by atoms with Crippen LogP contribution in [0.1, 0.15) is 35.7 Å². The highest BCUT2D eigenvalue weighted by Crippen LogP contribution is 2.22. The fraction of sp³-hybridized carbons (Fsp3) is 0.500. The highest BCUT2D eigenvalue weighted by molar-refractivity contribution is 5.98. The second-order valence-corrected chi connectivity index (χ2v) is 5.62. The van der Waals surface area contributed by atoms with Crippen molar-refractivity contribution in [3.05, 3.63) is 35.4 Å². The Balaban J connectivity index is 1.95. The molecule has 1 aromatic rings. The van der Waals surface area contributed by atoms with Gasteiger partial charge in [-0.15, -0.1) is 0 Å². The number of piperidine rings is 1. The lowest BCUT2D eigenvalue weighted by Crippen LogP contribution is -2.46. The Hall–Kier alpha value is -1.68. The van der Waals surface area contributed by atoms with Crippen molar-refractivity contribution in [3.8, 4) is 0 Å². The molecule has 4 nitrogen and oxygen atoms in total. The van der Waals surface area contributed by atoms with Crippen LogP contribution >= 0.6 is 0 Å². The Kier molecular flexibility index (Phi) is 4.55. The van der Waals surface area contributed by atoms with Gasteiger partial charge in [0.05, 0.1) is 6.04 Å². The molecule has 1 aromatic carbocycles. The van der Waals surface area contributed by atoms with Gasteiger partial charge in [0, 0.05) is 24.6 Å². The summed E-state index contributed by atoms with van der Waals surface area (Å²) < 4.78 is 0. The first-order chi connectivity index (χ1) is 9.49. The fourth-order valence-electron chi connectivity index (χ4n) is 2.60. The molecule has 4 heteroatoms. The first-order valence-electron chi connectivity index (χ1n) is 7.14. The van der Waals surface area contributed by atoms with Crippen molar-refractivity contribution >= 4 is 11.7 Å². The molecule has 1 heterocycles. The van der Waals surface area contributed by atoms with Gasteiger partial charge in [-0.25, -0.2) is 0 Å². The number of ketones is 1. The van der Waals surface area contributed by atoms with Crippen molar-refractivity contribution in [1.82, 2.24) is 4.90 Å². The number of hydrogen-bond acceptors (Lipinski definition) is 3. The van der Waals surface area contributed by atoms with Crippen LogP contribution in [0.3, 0.4) is 0 Å². The maximum atomic E-state index is 12.4. The van der Waals surface area contributed by atoms with Crippen LogP contribution < -0.4 is 5.73 Å². The molecule has 1 saturated heterocycles. The van der Waals surface area contributed by atoms with Crippen LogP contribution in [0.15, 0.2) is 24.3 Å². The molecule has 0 radical (unpaired) electrons. The standard InChI is InChI=1S/C16H22N2O2/c1-11-3-5-13(6-4-11)15(19)14-7-9-18(10-8-14)16(20)12(2)17/h3-6,12,14H,7-10,17H2,1-2H3/t12-/m1/s1. The number of aryl methyl sites for hydroxylation is 1. The Labute approximate surface area is 119 Å². The van der Waals surface area contributed by atoms with Crippen LogP contribution in [-0.4, -0.2) is 35.7 Å². The lowest BCUT2D eigenvalue weighted by molar-refractivity contribution is -0.133. The zero-order valence-electron chi connectivity index (χ0n) is 12.1. The van der Waals surface area contributed by atoms with Crippen molar-refractivity contribution < 1.29 is 9.59 Å². The predicted octanol–water partition coefficient (Wildman–Crippen LogP) is 1.76. The van der Waals surface area contributed by atoms with E-state index in [1.54, 1.807) is 11.8 Å². The molecule has 0 spiro atoms. The van der Waals surface area contributed by atoms with Crippen molar-refractivity contribution in [1.29, 1.82) is 0 Å². The lowest BCUT2D eigenvalue weighted by atomic mass is 9.88. The number of amides is 1. The lowest BCUT2D eigenvalue weighted by Gasteiger charge is -2.32. The van der Waals surface area contributed by atoms with Gasteiger partial charge >= 0.3 is 0 Å². The first kappa shape index (κ1) is 14.7. The molecular formula is C16H22N2O2. The largest absolute Gasteiger partial charge is 0.341 e. The van der Waals surface area contributed by atoms with Crippen molar-refractivity contribution in [2.45, 2.75) is 32.7 Å². The summed E-state index contributed by atoms with van der Waals surface area (Å²) in [6, 6.07) is 7.23. The van der Waals surface area contributed by atoms with E-state index in [-0.39, 0.29) is 17.6 Å². The van der Waals surface area contributed by atoms with Crippen LogP contribution in [0, 0.1) is 12.8 Å². The quantitative estimate of drug-likeness (QED) is 0.854. The van der Waals surface area contributed by atoms with Crippen LogP contribution in [0.4, 0.5) is 0 Å². The van der Waals surface area contributed by atoms with E-state index in [4.69, 9.17) is 5.73 Å². The second kappa shape index (κ2) is 6.18. The molecule has 2 N–H and O–H groups in total. The van der Waals surface area contributed by atoms with E-state index in [1.165, 1.54) is 0 Å². The van der Waals surface area contributed by atoms with Crippen molar-refractivity contribution in [2.24, 2.45) is 11.7 Å². The number of hydrogen-bond donors (Lipinski definition) is 1. The minimum atomic E-state index is -0.459. The molecule has 1 aliphatic heterocycles. The van der Waals surface area contributed by atoms with Crippen LogP contribution in [0.5, 0.6) is 0 Å². The van der Waals surface area contributed by atoms with Crippen molar-refractivity contribution in [2.75, 3.05) is 13.1 Å². The molecule has 1 atom stereocenters. The van der Waals surface area contributed by atoms with Gasteiger partial charge < -0.3 is 10.6 Å². The smallest absolute Gasteiger partial charge is 0.239 e. The number of benzene rings is 1. The third kappa shape index (κ3) is 3.25. The summed E-state index contributed by atoms with van der Waals surface area (Å²) in [6.07, 6.45) is 1.45. The Bertz CT molecular complexity index is 486. The Morgan fingerprint density at radius 3 is 2.25 bits per heavy atom. The van der Waals surface area contributed by atoms with Crippen molar-refractivity contribution in [3.63, 3.8) is 0 Å². The summed E-state index contributed by atoms with van der Waals surface area (Å²) >= 11 is 0. The van der Waals surface area contributed by atoms with Gasteiger partial charge in [-0.2, -0.15) is 0 Å². The highest BCUT2D eigenvalue weighted by atomic mass is 16.2. The normalized spacial score (nSPS) is 17.9. The molecule has 108 valence electrons. The molecule has 0 unspecified atom stereocenters. The maximum absolute atomic E-state index is 12.4. The average molecular weight is 274 g/mol. The Morgan fingerprint density at radius 2 is 1.75 bits per heavy atom. The van der Waals surface area contributed by atoms with Crippen LogP contribution in [0.25, 0.3) is 0 Å². The van der Waals surface area contributed by atoms with Gasteiger partial charge in [-0.1, -0.05) is 29.8 Å². The van der Waals surface area contributed by atoms with E-state index >= 15 is 0 Å². The van der Waals surface area contributed by atoms with Gasteiger partial charge in [0.1, 0.15) is 0 Å². The molecule has 1 fully saturated rings. The summed E-state index contributed by atoms with van der Waals surface area (Å²) in [4.78, 5) is 26.0. The molecule has 20 heavy (non-hydrogen) atoms. The fourth-order valence-corrected chi connectivity index (χ4v) is 2.60. The first-order valence-corrected chi connectivity index (χ1v) is 7.14. The highest BCUT2D eigenvalue weighted by Gasteiger charge is 2.28. The number of Topliss-reactive ketones (excluding diaryl/α,β-unsaturated/α-hetero) is 1. The SMILES string of the molecule is Cc1ccc(C(=O)C2CCN(C(=O)[C@@H](C)N)CC2)cc1. The molecular weight excluding hydrogens is 252 g/mol. The summed E-state index contributed by atoms with van der Waals surface area (Å²) in [5.74, 6) is 0.193. The van der Waals surface area contributed by atoms with Gasteiger partial charge in [0.15, 0.2) is 5.78 Å². The third-order valence-corrected chi connectivity index (χ3v) is 3.90. The summed E-state index contributed by atoms with van der Waals surface area (Å²) in [7, 11) is 0. The van der Waals surface area contributed by atoms with Gasteiger partial charge in [-0.3, -0.25) is 9.59 Å². The molecule has 1 aliphatic rings. The number of carbonyl (C=O) groups is 2. The van der Waals surface area contributed by atoms with E-state index in [0.29, 0.717) is 13.1 Å². The number of nitrogens with zero attached hydrogens (tertiary/aromatic N) is 1. The molecule has 0 aromatic heterocycles. The van der Waals surface area contributed by atoms with E-state index in [0.717, 1.165) is 24.0 Å². The number of likely N-dealkylation sites (tertiary alicyclic amines) is 1. The number of rotatable bonds is 3. The zero-order chi connectivity index (χ0) is 14.7. The van der Waals surface area contributed by atoms with Crippen LogP contribution in [0.2, 0.25) is 0 Å². The van der Waals surface area contributed by atoms with E-state index in [1.807, 2.05) is 31.2 Å². The summed E-state index contributed by atoms with van der Waals surface area (Å²) in [5, 5.41) is 0. The summed E-state index contributed by atoms with van der Waals surface area (Å²) in [5.41, 5.74) is 7.53. The topological polar surface area (TPSA) is 63.4 Å². The number of carbonyl (C=O) groups excluding carboxylic acids is 2. The minimum Gasteiger partial charge on any atom is -0.341 e. The van der Waals surface area contributed by atoms with Gasteiger partial charge in [-0.05, 0) is 26.7 Å². The monoisotopic (exact) mass is 274 g/mol. The van der Waals surface area contributed by atoms with Crippen LogP contribution in [-0.2, 0) is 4.79 Å². The van der Waals surface area contributed by atoms with E-state index in [9.17, 15) is 9.59 Å². The molecule has 0 aliphatic carbocycles. The van der Waals surface area contributed by atoms with E-state index in [2.05, 4.69) is 0 Å². The summed E-state index contributed by atoms with van der Waals surface area (Å²) in [6.45, 7) is 4.96. The number of nitrogens with two attached hydrogens (primary N) is 1. The maximum Gasteiger partial charge on any atom is 0.239 e. The molecule has 1 amide bonds. The molecule has 0 saturated carbocycles. The van der Waals surface area contributed by atoms with Gasteiger partial charge in [0.2, 0.25) is 5.91 Å². The molecule has 0 bridgehead atoms. The second-order valence-electron chi connectivity index (χ2n) is 5.62. The van der Waals surface area contributed by atoms with E-state index < -0.39 is 6.04 Å². The Morgan fingerprint density at radius 1 is 1.20 bits per heavy atom. The zero-order valence-corrected chi connectivity index (χ0v) is 12.1.